The molecule has 1 heterocycles. The predicted octanol–water partition coefficient (Wildman–Crippen LogP) is 2.41. The Balaban J connectivity index is 2.42. The lowest BCUT2D eigenvalue weighted by Gasteiger charge is -2.24. The molecule has 98 valence electrons. The number of nitrogens with zero attached hydrogens (tertiary/aromatic N) is 1. The van der Waals surface area contributed by atoms with E-state index >= 15 is 0 Å². The molecule has 0 bridgehead atoms. The van der Waals surface area contributed by atoms with E-state index < -0.39 is 28.6 Å². The Bertz CT molecular complexity index is 478. The van der Waals surface area contributed by atoms with Crippen LogP contribution in [0.4, 0.5) is 13.2 Å². The molecule has 1 aliphatic rings. The molecule has 2 N–H and O–H groups in total. The minimum atomic E-state index is -4.58. The monoisotopic (exact) mass is 258 g/mol. The highest BCUT2D eigenvalue weighted by molar-refractivity contribution is 6.04. The van der Waals surface area contributed by atoms with Crippen LogP contribution in [0.3, 0.4) is 0 Å². The van der Waals surface area contributed by atoms with Crippen molar-refractivity contribution in [3.05, 3.63) is 29.6 Å². The second kappa shape index (κ2) is 4.05. The number of hydrogen-bond acceptors (Lipinski definition) is 3. The Labute approximate surface area is 102 Å². The van der Waals surface area contributed by atoms with Gasteiger partial charge in [-0.1, -0.05) is 0 Å². The Hall–Kier alpha value is -1.43. The first-order chi connectivity index (χ1) is 8.24. The van der Waals surface area contributed by atoms with Gasteiger partial charge in [-0.2, -0.15) is 13.2 Å². The van der Waals surface area contributed by atoms with Crippen LogP contribution >= 0.6 is 0 Å². The highest BCUT2D eigenvalue weighted by atomic mass is 19.4. The Morgan fingerprint density at radius 1 is 1.44 bits per heavy atom. The molecule has 0 aliphatic heterocycles. The van der Waals surface area contributed by atoms with Gasteiger partial charge in [-0.15, -0.1) is 0 Å². The number of pyridine rings is 1. The van der Waals surface area contributed by atoms with Crippen LogP contribution < -0.4 is 5.73 Å². The molecule has 1 aromatic rings. The van der Waals surface area contributed by atoms with E-state index in [1.807, 2.05) is 0 Å². The number of aromatic nitrogens is 1. The first-order valence-electron chi connectivity index (χ1n) is 5.59. The number of rotatable bonds is 3. The molecule has 0 amide bonds. The summed E-state index contributed by atoms with van der Waals surface area (Å²) in [6, 6.07) is 0.802. The molecule has 0 radical (unpaired) electrons. The highest BCUT2D eigenvalue weighted by Gasteiger charge is 2.46. The van der Waals surface area contributed by atoms with Crippen LogP contribution in [0.2, 0.25) is 0 Å². The number of nitrogens with two attached hydrogens (primary N) is 1. The van der Waals surface area contributed by atoms with Crippen LogP contribution in [0, 0.1) is 5.92 Å². The van der Waals surface area contributed by atoms with E-state index in [9.17, 15) is 18.0 Å². The average molecular weight is 258 g/mol. The maximum atomic E-state index is 12.8. The van der Waals surface area contributed by atoms with Crippen molar-refractivity contribution in [2.45, 2.75) is 31.5 Å². The van der Waals surface area contributed by atoms with E-state index in [0.717, 1.165) is 31.3 Å². The van der Waals surface area contributed by atoms with Gasteiger partial charge in [-0.3, -0.25) is 9.78 Å². The van der Waals surface area contributed by atoms with Crippen LogP contribution in [0.1, 0.15) is 35.7 Å². The summed E-state index contributed by atoms with van der Waals surface area (Å²) in [6.45, 7) is 1.49. The summed E-state index contributed by atoms with van der Waals surface area (Å²) in [4.78, 5) is 15.7. The lowest BCUT2D eigenvalue weighted by Crippen LogP contribution is -2.47. The number of alkyl halides is 3. The predicted molar refractivity (Wildman–Crippen MR) is 58.9 cm³/mol. The van der Waals surface area contributed by atoms with E-state index in [1.165, 1.54) is 6.92 Å². The number of carbonyl (C=O) groups excluding carboxylic acids is 1. The zero-order chi connectivity index (χ0) is 13.6. The van der Waals surface area contributed by atoms with E-state index in [4.69, 9.17) is 5.73 Å². The zero-order valence-electron chi connectivity index (χ0n) is 9.79. The van der Waals surface area contributed by atoms with Gasteiger partial charge in [0.15, 0.2) is 5.78 Å². The number of halogens is 3. The fourth-order valence-electron chi connectivity index (χ4n) is 1.98. The molecule has 1 saturated carbocycles. The fourth-order valence-corrected chi connectivity index (χ4v) is 1.98. The first kappa shape index (κ1) is 13.0. The standard InChI is InChI=1S/C12H13F3N2O/c1-11(16,7-2-3-7)10(18)8-6-17-5-4-9(8)12(13,14)15/h4-7H,2-3,16H2,1H3. The molecule has 0 spiro atoms. The molecule has 1 aliphatic carbocycles. The molecule has 3 nitrogen and oxygen atoms in total. The van der Waals surface area contributed by atoms with Crippen molar-refractivity contribution < 1.29 is 18.0 Å². The summed E-state index contributed by atoms with van der Waals surface area (Å²) in [5, 5.41) is 0. The van der Waals surface area contributed by atoms with Crippen molar-refractivity contribution >= 4 is 5.78 Å². The minimum Gasteiger partial charge on any atom is -0.319 e. The second-order valence-electron chi connectivity index (χ2n) is 4.81. The van der Waals surface area contributed by atoms with Crippen molar-refractivity contribution in [1.82, 2.24) is 4.98 Å². The normalized spacial score (nSPS) is 19.4. The number of hydrogen-bond donors (Lipinski definition) is 1. The third-order valence-electron chi connectivity index (χ3n) is 3.29. The molecule has 6 heteroatoms. The first-order valence-corrected chi connectivity index (χ1v) is 5.59. The summed E-state index contributed by atoms with van der Waals surface area (Å²) in [6.07, 6.45) is -1.06. The number of ketones is 1. The molecule has 18 heavy (non-hydrogen) atoms. The summed E-state index contributed by atoms with van der Waals surface area (Å²) in [5.41, 5.74) is 3.20. The van der Waals surface area contributed by atoms with Crippen LogP contribution in [0.25, 0.3) is 0 Å². The van der Waals surface area contributed by atoms with Gasteiger partial charge in [0.1, 0.15) is 0 Å². The fraction of sp³-hybridized carbons (Fsp3) is 0.500. The van der Waals surface area contributed by atoms with Crippen molar-refractivity contribution in [2.24, 2.45) is 11.7 Å². The van der Waals surface area contributed by atoms with Gasteiger partial charge in [0, 0.05) is 12.4 Å². The van der Waals surface area contributed by atoms with Crippen molar-refractivity contribution in [2.75, 3.05) is 0 Å². The third kappa shape index (κ3) is 2.25. The molecule has 0 saturated heterocycles. The molecule has 1 atom stereocenters. The third-order valence-corrected chi connectivity index (χ3v) is 3.29. The van der Waals surface area contributed by atoms with E-state index in [0.29, 0.717) is 0 Å². The van der Waals surface area contributed by atoms with Crippen LogP contribution in [-0.2, 0) is 6.18 Å². The van der Waals surface area contributed by atoms with Gasteiger partial charge in [0.2, 0.25) is 0 Å². The number of Topliss-reactive ketones (excluding diaryl/α,β-unsaturated/α-hetero) is 1. The van der Waals surface area contributed by atoms with E-state index in [-0.39, 0.29) is 5.92 Å². The van der Waals surface area contributed by atoms with E-state index in [2.05, 4.69) is 4.98 Å². The van der Waals surface area contributed by atoms with Gasteiger partial charge in [-0.25, -0.2) is 0 Å². The maximum absolute atomic E-state index is 12.8. The molecular weight excluding hydrogens is 245 g/mol. The Morgan fingerprint density at radius 3 is 2.56 bits per heavy atom. The quantitative estimate of drug-likeness (QED) is 0.847. The SMILES string of the molecule is CC(N)(C(=O)c1cnccc1C(F)(F)F)C1CC1. The van der Waals surface area contributed by atoms with E-state index in [1.54, 1.807) is 0 Å². The highest BCUT2D eigenvalue weighted by Crippen LogP contribution is 2.41. The second-order valence-corrected chi connectivity index (χ2v) is 4.81. The van der Waals surface area contributed by atoms with Gasteiger partial charge >= 0.3 is 6.18 Å². The summed E-state index contributed by atoms with van der Waals surface area (Å²) >= 11 is 0. The molecule has 1 unspecified atom stereocenters. The molecular formula is C12H13F3N2O. The van der Waals surface area contributed by atoms with Crippen LogP contribution in [0.15, 0.2) is 18.5 Å². The molecule has 0 aromatic carbocycles. The summed E-state index contributed by atoms with van der Waals surface area (Å²) < 4.78 is 38.4. The van der Waals surface area contributed by atoms with Gasteiger partial charge < -0.3 is 5.73 Å². The number of carbonyl (C=O) groups is 1. The molecule has 2 rings (SSSR count). The largest absolute Gasteiger partial charge is 0.417 e. The Morgan fingerprint density at radius 2 is 2.06 bits per heavy atom. The lowest BCUT2D eigenvalue weighted by molar-refractivity contribution is -0.138. The van der Waals surface area contributed by atoms with Gasteiger partial charge in [-0.05, 0) is 31.7 Å². The van der Waals surface area contributed by atoms with Crippen molar-refractivity contribution in [3.63, 3.8) is 0 Å². The minimum absolute atomic E-state index is 0.0358. The summed E-state index contributed by atoms with van der Waals surface area (Å²) in [5.74, 6) is -0.725. The summed E-state index contributed by atoms with van der Waals surface area (Å²) in [7, 11) is 0. The topological polar surface area (TPSA) is 56.0 Å². The van der Waals surface area contributed by atoms with Gasteiger partial charge in [0.05, 0.1) is 16.7 Å². The average Bonchev–Trinajstić information content (AvgIpc) is 3.11. The molecule has 1 fully saturated rings. The van der Waals surface area contributed by atoms with Crippen LogP contribution in [-0.4, -0.2) is 16.3 Å². The lowest BCUT2D eigenvalue weighted by atomic mass is 9.86. The molecule has 1 aromatic heterocycles. The maximum Gasteiger partial charge on any atom is 0.417 e. The van der Waals surface area contributed by atoms with Gasteiger partial charge in [0.25, 0.3) is 0 Å². The smallest absolute Gasteiger partial charge is 0.319 e. The van der Waals surface area contributed by atoms with Crippen molar-refractivity contribution in [1.29, 1.82) is 0 Å². The Kier molecular flexibility index (Phi) is 2.93. The zero-order valence-corrected chi connectivity index (χ0v) is 9.79. The van der Waals surface area contributed by atoms with Crippen molar-refractivity contribution in [3.8, 4) is 0 Å². The van der Waals surface area contributed by atoms with Crippen LogP contribution in [0.5, 0.6) is 0 Å².